The van der Waals surface area contributed by atoms with Crippen molar-refractivity contribution in [2.45, 2.75) is 24.6 Å². The monoisotopic (exact) mass is 207 g/mol. The molecule has 1 aliphatic rings. The van der Waals surface area contributed by atoms with Crippen molar-refractivity contribution in [1.82, 2.24) is 5.32 Å². The van der Waals surface area contributed by atoms with E-state index in [1.165, 1.54) is 13.8 Å². The lowest BCUT2D eigenvalue weighted by molar-refractivity contribution is -0.140. The first-order valence-electron chi connectivity index (χ1n) is 3.97. The van der Waals surface area contributed by atoms with Crippen molar-refractivity contribution in [3.63, 3.8) is 0 Å². The molecular formula is C7H13NO4S. The van der Waals surface area contributed by atoms with Gasteiger partial charge in [-0.25, -0.2) is 8.42 Å². The number of carboxylic acids is 1. The van der Waals surface area contributed by atoms with Crippen LogP contribution in [-0.4, -0.2) is 42.6 Å². The van der Waals surface area contributed by atoms with Gasteiger partial charge in [0, 0.05) is 6.54 Å². The topological polar surface area (TPSA) is 83.5 Å². The van der Waals surface area contributed by atoms with Crippen LogP contribution >= 0.6 is 0 Å². The zero-order valence-electron chi connectivity index (χ0n) is 7.57. The highest BCUT2D eigenvalue weighted by Crippen LogP contribution is 2.25. The van der Waals surface area contributed by atoms with E-state index in [1.807, 2.05) is 0 Å². The van der Waals surface area contributed by atoms with Gasteiger partial charge in [-0.15, -0.1) is 0 Å². The van der Waals surface area contributed by atoms with Gasteiger partial charge in [-0.1, -0.05) is 0 Å². The Morgan fingerprint density at radius 2 is 2.08 bits per heavy atom. The summed E-state index contributed by atoms with van der Waals surface area (Å²) in [6.45, 7) is 3.09. The van der Waals surface area contributed by atoms with Crippen LogP contribution in [0.25, 0.3) is 0 Å². The fourth-order valence-electron chi connectivity index (χ4n) is 1.41. The summed E-state index contributed by atoms with van der Waals surface area (Å²) in [5.74, 6) is -1.11. The molecule has 5 nitrogen and oxygen atoms in total. The number of sulfone groups is 1. The third-order valence-electron chi connectivity index (χ3n) is 2.46. The molecule has 1 rings (SSSR count). The maximum atomic E-state index is 11.5. The minimum absolute atomic E-state index is 0.00375. The van der Waals surface area contributed by atoms with Gasteiger partial charge in [0.15, 0.2) is 9.84 Å². The molecule has 1 atom stereocenters. The van der Waals surface area contributed by atoms with Gasteiger partial charge >= 0.3 is 5.97 Å². The van der Waals surface area contributed by atoms with Crippen molar-refractivity contribution in [2.24, 2.45) is 0 Å². The number of rotatable bonds is 1. The molecule has 0 saturated carbocycles. The van der Waals surface area contributed by atoms with Gasteiger partial charge in [0.1, 0.15) is 6.04 Å². The molecule has 76 valence electrons. The van der Waals surface area contributed by atoms with Crippen LogP contribution in [0.2, 0.25) is 0 Å². The number of hydrogen-bond donors (Lipinski definition) is 2. The van der Waals surface area contributed by atoms with Gasteiger partial charge in [0.25, 0.3) is 0 Å². The highest BCUT2D eigenvalue weighted by molar-refractivity contribution is 7.92. The Kier molecular flexibility index (Phi) is 2.38. The average Bonchev–Trinajstić information content (AvgIpc) is 1.94. The molecule has 1 heterocycles. The Balaban J connectivity index is 3.09. The van der Waals surface area contributed by atoms with Crippen LogP contribution in [0.3, 0.4) is 0 Å². The van der Waals surface area contributed by atoms with E-state index in [2.05, 4.69) is 5.32 Å². The zero-order chi connectivity index (χ0) is 10.3. The Labute approximate surface area is 77.1 Å². The van der Waals surface area contributed by atoms with E-state index in [-0.39, 0.29) is 12.3 Å². The first-order chi connectivity index (χ1) is 5.79. The van der Waals surface area contributed by atoms with Gasteiger partial charge in [-0.3, -0.25) is 4.79 Å². The van der Waals surface area contributed by atoms with Crippen LogP contribution in [0.4, 0.5) is 0 Å². The second kappa shape index (κ2) is 2.95. The first-order valence-corrected chi connectivity index (χ1v) is 5.63. The maximum absolute atomic E-state index is 11.5. The Morgan fingerprint density at radius 3 is 2.46 bits per heavy atom. The molecule has 0 aromatic carbocycles. The van der Waals surface area contributed by atoms with Gasteiger partial charge < -0.3 is 10.4 Å². The molecule has 0 amide bonds. The summed E-state index contributed by atoms with van der Waals surface area (Å²) in [5, 5.41) is 11.5. The average molecular weight is 207 g/mol. The smallest absolute Gasteiger partial charge is 0.322 e. The lowest BCUT2D eigenvalue weighted by Gasteiger charge is -2.35. The molecule has 2 N–H and O–H groups in total. The number of carbonyl (C=O) groups is 1. The maximum Gasteiger partial charge on any atom is 0.322 e. The standard InChI is InChI=1S/C7H13NO4S/c1-7(2)5(6(9)10)8-3-4-13(7,11)12/h5,8H,3-4H2,1-2H3,(H,9,10)/t5-/m1/s1. The number of aliphatic carboxylic acids is 1. The highest BCUT2D eigenvalue weighted by atomic mass is 32.2. The van der Waals surface area contributed by atoms with Gasteiger partial charge in [-0.2, -0.15) is 0 Å². The summed E-state index contributed by atoms with van der Waals surface area (Å²) in [4.78, 5) is 10.7. The molecule has 6 heteroatoms. The molecule has 1 saturated heterocycles. The number of hydrogen-bond acceptors (Lipinski definition) is 4. The highest BCUT2D eigenvalue weighted by Gasteiger charge is 2.48. The van der Waals surface area contributed by atoms with Crippen LogP contribution < -0.4 is 5.32 Å². The third kappa shape index (κ3) is 1.55. The number of nitrogens with one attached hydrogen (secondary N) is 1. The SMILES string of the molecule is CC1(C)[C@@H](C(=O)O)NCCS1(=O)=O. The molecule has 0 spiro atoms. The first kappa shape index (κ1) is 10.5. The Bertz CT molecular complexity index is 319. The quantitative estimate of drug-likeness (QED) is 0.590. The summed E-state index contributed by atoms with van der Waals surface area (Å²) < 4.78 is 21.8. The largest absolute Gasteiger partial charge is 0.480 e. The minimum Gasteiger partial charge on any atom is -0.480 e. The lowest BCUT2D eigenvalue weighted by Crippen LogP contribution is -2.61. The minimum atomic E-state index is -3.30. The van der Waals surface area contributed by atoms with Gasteiger partial charge in [0.2, 0.25) is 0 Å². The Hall–Kier alpha value is -0.620. The molecule has 1 fully saturated rings. The molecule has 13 heavy (non-hydrogen) atoms. The second-order valence-electron chi connectivity index (χ2n) is 3.65. The fourth-order valence-corrected chi connectivity index (χ4v) is 2.87. The molecule has 0 radical (unpaired) electrons. The van der Waals surface area contributed by atoms with E-state index in [0.717, 1.165) is 0 Å². The summed E-state index contributed by atoms with van der Waals surface area (Å²) in [5.41, 5.74) is 0. The van der Waals surface area contributed by atoms with Crippen molar-refractivity contribution in [2.75, 3.05) is 12.3 Å². The second-order valence-corrected chi connectivity index (χ2v) is 6.34. The van der Waals surface area contributed by atoms with Crippen molar-refractivity contribution >= 4 is 15.8 Å². The third-order valence-corrected chi connectivity index (χ3v) is 5.04. The van der Waals surface area contributed by atoms with Gasteiger partial charge in [0.05, 0.1) is 10.5 Å². The summed E-state index contributed by atoms with van der Waals surface area (Å²) in [6, 6.07) is -1.01. The summed E-state index contributed by atoms with van der Waals surface area (Å²) in [6.07, 6.45) is 0. The molecule has 0 bridgehead atoms. The predicted molar refractivity (Wildman–Crippen MR) is 47.3 cm³/mol. The molecule has 0 aromatic heterocycles. The molecule has 0 aliphatic carbocycles. The van der Waals surface area contributed by atoms with Gasteiger partial charge in [-0.05, 0) is 13.8 Å². The fraction of sp³-hybridized carbons (Fsp3) is 0.857. The van der Waals surface area contributed by atoms with Crippen molar-refractivity contribution < 1.29 is 18.3 Å². The number of carboxylic acid groups (broad SMARTS) is 1. The molecule has 1 aliphatic heterocycles. The summed E-state index contributed by atoms with van der Waals surface area (Å²) in [7, 11) is -3.30. The van der Waals surface area contributed by atoms with Crippen LogP contribution in [0.5, 0.6) is 0 Å². The van der Waals surface area contributed by atoms with Crippen molar-refractivity contribution in [1.29, 1.82) is 0 Å². The zero-order valence-corrected chi connectivity index (χ0v) is 8.39. The van der Waals surface area contributed by atoms with E-state index in [1.54, 1.807) is 0 Å². The van der Waals surface area contributed by atoms with Crippen LogP contribution in [-0.2, 0) is 14.6 Å². The lowest BCUT2D eigenvalue weighted by atomic mass is 10.0. The van der Waals surface area contributed by atoms with E-state index >= 15 is 0 Å². The summed E-state index contributed by atoms with van der Waals surface area (Å²) >= 11 is 0. The Morgan fingerprint density at radius 1 is 1.54 bits per heavy atom. The van der Waals surface area contributed by atoms with E-state index in [4.69, 9.17) is 5.11 Å². The molecular weight excluding hydrogens is 194 g/mol. The van der Waals surface area contributed by atoms with Crippen LogP contribution in [0.15, 0.2) is 0 Å². The molecule has 0 unspecified atom stereocenters. The van der Waals surface area contributed by atoms with E-state index in [0.29, 0.717) is 0 Å². The van der Waals surface area contributed by atoms with E-state index in [9.17, 15) is 13.2 Å². The predicted octanol–water partition coefficient (Wildman–Crippen LogP) is -0.764. The van der Waals surface area contributed by atoms with Crippen LogP contribution in [0.1, 0.15) is 13.8 Å². The van der Waals surface area contributed by atoms with Crippen LogP contribution in [0, 0.1) is 0 Å². The van der Waals surface area contributed by atoms with E-state index < -0.39 is 26.6 Å². The van der Waals surface area contributed by atoms with Crippen molar-refractivity contribution in [3.05, 3.63) is 0 Å². The molecule has 0 aromatic rings. The normalized spacial score (nSPS) is 31.1. The van der Waals surface area contributed by atoms with Crippen molar-refractivity contribution in [3.8, 4) is 0 Å².